The molecule has 2 aromatic carbocycles. The molecule has 0 saturated carbocycles. The predicted octanol–water partition coefficient (Wildman–Crippen LogP) is 3.99. The monoisotopic (exact) mass is 369 g/mol. The van der Waals surface area contributed by atoms with Crippen LogP contribution in [0, 0.1) is 6.92 Å². The van der Waals surface area contributed by atoms with Crippen LogP contribution < -0.4 is 11.3 Å². The number of rotatable bonds is 1. The van der Waals surface area contributed by atoms with Crippen molar-refractivity contribution in [3.05, 3.63) is 56.8 Å². The van der Waals surface area contributed by atoms with Crippen LogP contribution >= 0.6 is 15.9 Å². The molecule has 0 amide bonds. The molecule has 0 fully saturated rings. The highest BCUT2D eigenvalue weighted by atomic mass is 79.9. The molecule has 3 N–H and O–H groups in total. The first-order valence-electron chi connectivity index (χ1n) is 7.01. The van der Waals surface area contributed by atoms with Crippen molar-refractivity contribution in [2.45, 2.75) is 6.92 Å². The number of anilines is 1. The largest absolute Gasteiger partial charge is 0.449 e. The average Bonchev–Trinajstić information content (AvgIpc) is 2.86. The van der Waals surface area contributed by atoms with Crippen LogP contribution in [0.2, 0.25) is 0 Å². The number of nitrogens with one attached hydrogen (secondary N) is 1. The quantitative estimate of drug-likeness (QED) is 0.496. The number of hydrogen-bond donors (Lipinski definition) is 2. The standard InChI is InChI=1S/C17H12BrN3O2/c1-8-6-10(19)3-4-11(8)16-20-14-12-7-9(18)2-5-13(12)23-15(14)17(22)21-16/h2-7H,19H2,1H3,(H,20,21,22). The first kappa shape index (κ1) is 14.0. The van der Waals surface area contributed by atoms with Crippen molar-refractivity contribution in [1.82, 2.24) is 9.97 Å². The zero-order valence-electron chi connectivity index (χ0n) is 12.2. The summed E-state index contributed by atoms with van der Waals surface area (Å²) in [4.78, 5) is 19.8. The average molecular weight is 370 g/mol. The number of halogens is 1. The summed E-state index contributed by atoms with van der Waals surface area (Å²) in [5, 5.41) is 0.801. The van der Waals surface area contributed by atoms with Crippen LogP contribution in [0.4, 0.5) is 5.69 Å². The van der Waals surface area contributed by atoms with E-state index in [1.807, 2.05) is 37.3 Å². The molecule has 2 heterocycles. The van der Waals surface area contributed by atoms with Gasteiger partial charge in [0.2, 0.25) is 5.58 Å². The van der Waals surface area contributed by atoms with Gasteiger partial charge in [0.1, 0.15) is 16.9 Å². The van der Waals surface area contributed by atoms with E-state index < -0.39 is 0 Å². The van der Waals surface area contributed by atoms with E-state index in [1.54, 1.807) is 6.07 Å². The molecule has 4 rings (SSSR count). The van der Waals surface area contributed by atoms with Gasteiger partial charge in [-0.3, -0.25) is 4.79 Å². The molecule has 2 aromatic heterocycles. The molecule has 6 heteroatoms. The summed E-state index contributed by atoms with van der Waals surface area (Å²) < 4.78 is 6.53. The van der Waals surface area contributed by atoms with Crippen molar-refractivity contribution in [3.63, 3.8) is 0 Å². The third-order valence-electron chi connectivity index (χ3n) is 3.79. The maximum Gasteiger partial charge on any atom is 0.294 e. The van der Waals surface area contributed by atoms with Crippen molar-refractivity contribution in [1.29, 1.82) is 0 Å². The van der Waals surface area contributed by atoms with Crippen LogP contribution in [0.25, 0.3) is 33.5 Å². The van der Waals surface area contributed by atoms with E-state index >= 15 is 0 Å². The summed E-state index contributed by atoms with van der Waals surface area (Å²) in [6.45, 7) is 1.93. The smallest absolute Gasteiger partial charge is 0.294 e. The minimum Gasteiger partial charge on any atom is -0.449 e. The Kier molecular flexibility index (Phi) is 3.02. The van der Waals surface area contributed by atoms with Crippen molar-refractivity contribution in [3.8, 4) is 11.4 Å². The molecular weight excluding hydrogens is 358 g/mol. The molecule has 114 valence electrons. The van der Waals surface area contributed by atoms with Gasteiger partial charge in [-0.25, -0.2) is 4.98 Å². The number of nitrogen functional groups attached to an aromatic ring is 1. The molecule has 0 aliphatic heterocycles. The maximum absolute atomic E-state index is 12.4. The fraction of sp³-hybridized carbons (Fsp3) is 0.0588. The molecule has 0 unspecified atom stereocenters. The maximum atomic E-state index is 12.4. The topological polar surface area (TPSA) is 84.9 Å². The van der Waals surface area contributed by atoms with E-state index in [0.717, 1.165) is 21.0 Å². The lowest BCUT2D eigenvalue weighted by Gasteiger charge is -2.06. The number of aromatic nitrogens is 2. The second kappa shape index (κ2) is 4.96. The van der Waals surface area contributed by atoms with Crippen LogP contribution in [0.1, 0.15) is 5.56 Å². The van der Waals surface area contributed by atoms with Crippen LogP contribution in [0.5, 0.6) is 0 Å². The number of hydrogen-bond acceptors (Lipinski definition) is 4. The van der Waals surface area contributed by atoms with Crippen molar-refractivity contribution in [2.24, 2.45) is 0 Å². The summed E-state index contributed by atoms with van der Waals surface area (Å²) in [6.07, 6.45) is 0. The first-order chi connectivity index (χ1) is 11.0. The Morgan fingerprint density at radius 1 is 1.22 bits per heavy atom. The number of fused-ring (bicyclic) bond motifs is 3. The van der Waals surface area contributed by atoms with Gasteiger partial charge in [0.15, 0.2) is 0 Å². The number of benzene rings is 2. The number of H-pyrrole nitrogens is 1. The molecule has 4 aromatic rings. The number of nitrogens with two attached hydrogens (primary N) is 1. The number of aromatic amines is 1. The highest BCUT2D eigenvalue weighted by molar-refractivity contribution is 9.10. The molecule has 0 bridgehead atoms. The normalized spacial score (nSPS) is 11.4. The molecule has 0 atom stereocenters. The second-order valence-electron chi connectivity index (χ2n) is 5.41. The molecular formula is C17H12BrN3O2. The predicted molar refractivity (Wildman–Crippen MR) is 94.4 cm³/mol. The fourth-order valence-electron chi connectivity index (χ4n) is 2.71. The van der Waals surface area contributed by atoms with Gasteiger partial charge in [0, 0.05) is 21.1 Å². The summed E-state index contributed by atoms with van der Waals surface area (Å²) in [5.41, 5.74) is 9.36. The van der Waals surface area contributed by atoms with Crippen molar-refractivity contribution < 1.29 is 4.42 Å². The lowest BCUT2D eigenvalue weighted by Crippen LogP contribution is -2.08. The molecule has 0 aliphatic rings. The summed E-state index contributed by atoms with van der Waals surface area (Å²) >= 11 is 3.44. The Bertz CT molecular complexity index is 1130. The van der Waals surface area contributed by atoms with E-state index in [4.69, 9.17) is 10.2 Å². The summed E-state index contributed by atoms with van der Waals surface area (Å²) in [6, 6.07) is 11.1. The lowest BCUT2D eigenvalue weighted by molar-refractivity contribution is 0.661. The lowest BCUT2D eigenvalue weighted by atomic mass is 10.1. The molecule has 0 saturated heterocycles. The zero-order valence-corrected chi connectivity index (χ0v) is 13.8. The summed E-state index contributed by atoms with van der Waals surface area (Å²) in [5.74, 6) is 0.502. The van der Waals surface area contributed by atoms with Crippen LogP contribution in [-0.2, 0) is 0 Å². The Hall–Kier alpha value is -2.60. The van der Waals surface area contributed by atoms with Gasteiger partial charge in [0.05, 0.1) is 0 Å². The van der Waals surface area contributed by atoms with E-state index in [2.05, 4.69) is 25.9 Å². The Morgan fingerprint density at radius 2 is 2.04 bits per heavy atom. The molecule has 0 spiro atoms. The molecule has 0 radical (unpaired) electrons. The number of nitrogens with zero attached hydrogens (tertiary/aromatic N) is 1. The van der Waals surface area contributed by atoms with Gasteiger partial charge in [-0.15, -0.1) is 0 Å². The van der Waals surface area contributed by atoms with Gasteiger partial charge in [-0.1, -0.05) is 15.9 Å². The third kappa shape index (κ3) is 2.22. The third-order valence-corrected chi connectivity index (χ3v) is 4.28. The summed E-state index contributed by atoms with van der Waals surface area (Å²) in [7, 11) is 0. The number of aryl methyl sites for hydroxylation is 1. The second-order valence-corrected chi connectivity index (χ2v) is 6.32. The van der Waals surface area contributed by atoms with E-state index in [0.29, 0.717) is 22.6 Å². The van der Waals surface area contributed by atoms with Crippen LogP contribution in [-0.4, -0.2) is 9.97 Å². The van der Waals surface area contributed by atoms with E-state index in [1.165, 1.54) is 0 Å². The molecule has 5 nitrogen and oxygen atoms in total. The van der Waals surface area contributed by atoms with Gasteiger partial charge < -0.3 is 15.1 Å². The van der Waals surface area contributed by atoms with Gasteiger partial charge in [-0.05, 0) is 48.9 Å². The highest BCUT2D eigenvalue weighted by Crippen LogP contribution is 2.29. The van der Waals surface area contributed by atoms with Crippen molar-refractivity contribution in [2.75, 3.05) is 5.73 Å². The zero-order chi connectivity index (χ0) is 16.1. The molecule has 0 aliphatic carbocycles. The minimum atomic E-state index is -0.298. The van der Waals surface area contributed by atoms with Crippen molar-refractivity contribution >= 4 is 43.7 Å². The SMILES string of the molecule is Cc1cc(N)ccc1-c1nc2c(oc3ccc(Br)cc32)c(=O)[nH]1. The number of furan rings is 1. The Morgan fingerprint density at radius 3 is 2.83 bits per heavy atom. The van der Waals surface area contributed by atoms with Gasteiger partial charge in [0.25, 0.3) is 5.56 Å². The first-order valence-corrected chi connectivity index (χ1v) is 7.81. The van der Waals surface area contributed by atoms with Gasteiger partial charge >= 0.3 is 0 Å². The fourth-order valence-corrected chi connectivity index (χ4v) is 3.07. The van der Waals surface area contributed by atoms with E-state index in [9.17, 15) is 4.79 Å². The highest BCUT2D eigenvalue weighted by Gasteiger charge is 2.15. The van der Waals surface area contributed by atoms with Crippen LogP contribution in [0.15, 0.2) is 50.1 Å². The van der Waals surface area contributed by atoms with Crippen LogP contribution in [0.3, 0.4) is 0 Å². The minimum absolute atomic E-state index is 0.231. The Labute approximate surface area is 139 Å². The van der Waals surface area contributed by atoms with E-state index in [-0.39, 0.29) is 11.1 Å². The van der Waals surface area contributed by atoms with Gasteiger partial charge in [-0.2, -0.15) is 0 Å². The molecule has 23 heavy (non-hydrogen) atoms. The Balaban J connectivity index is 2.07.